The van der Waals surface area contributed by atoms with E-state index in [1.54, 1.807) is 9.58 Å². The van der Waals surface area contributed by atoms with Crippen molar-refractivity contribution in [2.45, 2.75) is 45.2 Å². The van der Waals surface area contributed by atoms with Crippen LogP contribution in [0.25, 0.3) is 0 Å². The quantitative estimate of drug-likeness (QED) is 0.730. The molecule has 0 radical (unpaired) electrons. The van der Waals surface area contributed by atoms with E-state index >= 15 is 0 Å². The highest BCUT2D eigenvalue weighted by molar-refractivity contribution is 5.96. The lowest BCUT2D eigenvalue weighted by Crippen LogP contribution is -2.53. The summed E-state index contributed by atoms with van der Waals surface area (Å²) in [5, 5.41) is 10.7. The molecule has 1 aliphatic heterocycles. The summed E-state index contributed by atoms with van der Waals surface area (Å²) < 4.78 is 1.60. The number of unbranched alkanes of at least 4 members (excludes halogenated alkanes) is 1. The third-order valence-electron chi connectivity index (χ3n) is 4.71. The average Bonchev–Trinajstić information content (AvgIpc) is 3.14. The van der Waals surface area contributed by atoms with Crippen molar-refractivity contribution in [3.05, 3.63) is 47.8 Å². The zero-order chi connectivity index (χ0) is 18.4. The number of benzene rings is 1. The second-order valence-corrected chi connectivity index (χ2v) is 6.53. The molecule has 1 atom stereocenters. The molecule has 138 valence electrons. The number of nitrogens with one attached hydrogen (secondary N) is 1. The van der Waals surface area contributed by atoms with Crippen LogP contribution in [-0.4, -0.2) is 50.8 Å². The van der Waals surface area contributed by atoms with E-state index in [0.717, 1.165) is 24.8 Å². The van der Waals surface area contributed by atoms with Crippen LogP contribution in [0.3, 0.4) is 0 Å². The SMILES string of the molecule is CCCCNC(=O)C(CCc1ccccc1)N1CCn2nncc2C1=O. The Balaban J connectivity index is 1.74. The van der Waals surface area contributed by atoms with Crippen molar-refractivity contribution in [3.8, 4) is 0 Å². The van der Waals surface area contributed by atoms with Crippen LogP contribution in [0.2, 0.25) is 0 Å². The Kier molecular flexibility index (Phi) is 5.99. The van der Waals surface area contributed by atoms with E-state index in [1.807, 2.05) is 30.3 Å². The van der Waals surface area contributed by atoms with Gasteiger partial charge in [-0.25, -0.2) is 4.68 Å². The van der Waals surface area contributed by atoms with E-state index in [1.165, 1.54) is 6.20 Å². The molecule has 1 aliphatic rings. The van der Waals surface area contributed by atoms with Gasteiger partial charge in [0, 0.05) is 13.1 Å². The van der Waals surface area contributed by atoms with Crippen LogP contribution in [0.5, 0.6) is 0 Å². The van der Waals surface area contributed by atoms with Crippen molar-refractivity contribution in [2.75, 3.05) is 13.1 Å². The first kappa shape index (κ1) is 18.1. The fourth-order valence-electron chi connectivity index (χ4n) is 3.22. The summed E-state index contributed by atoms with van der Waals surface area (Å²) >= 11 is 0. The summed E-state index contributed by atoms with van der Waals surface area (Å²) in [5.41, 5.74) is 1.61. The minimum Gasteiger partial charge on any atom is -0.354 e. The molecular formula is C19H25N5O2. The molecule has 2 heterocycles. The molecule has 2 amide bonds. The fourth-order valence-corrected chi connectivity index (χ4v) is 3.22. The lowest BCUT2D eigenvalue weighted by Gasteiger charge is -2.33. The lowest BCUT2D eigenvalue weighted by atomic mass is 10.0. The molecule has 1 unspecified atom stereocenters. The monoisotopic (exact) mass is 355 g/mol. The van der Waals surface area contributed by atoms with Gasteiger partial charge in [-0.1, -0.05) is 48.9 Å². The molecule has 3 rings (SSSR count). The van der Waals surface area contributed by atoms with Gasteiger partial charge in [0.1, 0.15) is 11.7 Å². The Bertz CT molecular complexity index is 743. The molecule has 7 heteroatoms. The van der Waals surface area contributed by atoms with Crippen LogP contribution in [0.15, 0.2) is 36.5 Å². The molecule has 0 saturated carbocycles. The van der Waals surface area contributed by atoms with Crippen molar-refractivity contribution in [2.24, 2.45) is 0 Å². The number of aryl methyl sites for hydroxylation is 1. The summed E-state index contributed by atoms with van der Waals surface area (Å²) in [4.78, 5) is 27.3. The summed E-state index contributed by atoms with van der Waals surface area (Å²) in [6.45, 7) is 3.75. The van der Waals surface area contributed by atoms with Gasteiger partial charge in [-0.3, -0.25) is 9.59 Å². The standard InChI is InChI=1S/C19H25N5O2/c1-2-3-11-20-18(25)16(10-9-15-7-5-4-6-8-15)23-12-13-24-17(19(23)26)14-21-22-24/h4-8,14,16H,2-3,9-13H2,1H3,(H,20,25). The van der Waals surface area contributed by atoms with E-state index in [9.17, 15) is 9.59 Å². The normalized spacial score (nSPS) is 14.8. The minimum atomic E-state index is -0.483. The highest BCUT2D eigenvalue weighted by Gasteiger charge is 2.34. The number of aromatic nitrogens is 3. The second-order valence-electron chi connectivity index (χ2n) is 6.53. The van der Waals surface area contributed by atoms with Gasteiger partial charge in [0.25, 0.3) is 5.91 Å². The van der Waals surface area contributed by atoms with E-state index in [2.05, 4.69) is 22.6 Å². The van der Waals surface area contributed by atoms with Gasteiger partial charge in [0.15, 0.2) is 0 Å². The van der Waals surface area contributed by atoms with E-state index < -0.39 is 6.04 Å². The van der Waals surface area contributed by atoms with Crippen molar-refractivity contribution < 1.29 is 9.59 Å². The molecule has 0 spiro atoms. The Hall–Kier alpha value is -2.70. The largest absolute Gasteiger partial charge is 0.354 e. The predicted octanol–water partition coefficient (Wildman–Crippen LogP) is 1.65. The molecule has 0 bridgehead atoms. The smallest absolute Gasteiger partial charge is 0.274 e. The van der Waals surface area contributed by atoms with Gasteiger partial charge in [0.2, 0.25) is 5.91 Å². The van der Waals surface area contributed by atoms with Crippen molar-refractivity contribution >= 4 is 11.8 Å². The van der Waals surface area contributed by atoms with Crippen molar-refractivity contribution in [3.63, 3.8) is 0 Å². The van der Waals surface area contributed by atoms with Crippen LogP contribution in [0.1, 0.15) is 42.2 Å². The van der Waals surface area contributed by atoms with Crippen LogP contribution in [0.4, 0.5) is 0 Å². The van der Waals surface area contributed by atoms with Gasteiger partial charge in [-0.15, -0.1) is 5.10 Å². The first-order valence-electron chi connectivity index (χ1n) is 9.21. The van der Waals surface area contributed by atoms with Gasteiger partial charge in [0.05, 0.1) is 12.7 Å². The number of rotatable bonds is 8. The molecule has 7 nitrogen and oxygen atoms in total. The zero-order valence-corrected chi connectivity index (χ0v) is 15.1. The van der Waals surface area contributed by atoms with E-state index in [0.29, 0.717) is 31.7 Å². The summed E-state index contributed by atoms with van der Waals surface area (Å²) in [5.74, 6) is -0.256. The lowest BCUT2D eigenvalue weighted by molar-refractivity contribution is -0.126. The average molecular weight is 355 g/mol. The van der Waals surface area contributed by atoms with Crippen LogP contribution >= 0.6 is 0 Å². The minimum absolute atomic E-state index is 0.0799. The Morgan fingerprint density at radius 1 is 1.27 bits per heavy atom. The molecule has 2 aromatic rings. The van der Waals surface area contributed by atoms with Gasteiger partial charge in [-0.2, -0.15) is 0 Å². The fraction of sp³-hybridized carbons (Fsp3) is 0.474. The molecular weight excluding hydrogens is 330 g/mol. The highest BCUT2D eigenvalue weighted by Crippen LogP contribution is 2.17. The maximum Gasteiger partial charge on any atom is 0.274 e. The topological polar surface area (TPSA) is 80.1 Å². The number of hydrogen-bond donors (Lipinski definition) is 1. The third kappa shape index (κ3) is 4.09. The second kappa shape index (κ2) is 8.60. The molecule has 0 saturated heterocycles. The maximum absolute atomic E-state index is 12.8. The summed E-state index contributed by atoms with van der Waals surface area (Å²) in [6.07, 6.45) is 4.76. The highest BCUT2D eigenvalue weighted by atomic mass is 16.2. The van der Waals surface area contributed by atoms with E-state index in [4.69, 9.17) is 0 Å². The Labute approximate surface area is 153 Å². The predicted molar refractivity (Wildman–Crippen MR) is 97.5 cm³/mol. The van der Waals surface area contributed by atoms with Gasteiger partial charge in [-0.05, 0) is 24.8 Å². The first-order valence-corrected chi connectivity index (χ1v) is 9.21. The molecule has 0 fully saturated rings. The number of nitrogens with zero attached hydrogens (tertiary/aromatic N) is 4. The summed E-state index contributed by atoms with van der Waals surface area (Å²) in [6, 6.07) is 9.56. The summed E-state index contributed by atoms with van der Waals surface area (Å²) in [7, 11) is 0. The number of carbonyl (C=O) groups excluding carboxylic acids is 2. The van der Waals surface area contributed by atoms with Crippen LogP contribution in [-0.2, 0) is 17.8 Å². The van der Waals surface area contributed by atoms with Crippen molar-refractivity contribution in [1.29, 1.82) is 0 Å². The number of carbonyl (C=O) groups is 2. The van der Waals surface area contributed by atoms with Gasteiger partial charge < -0.3 is 10.2 Å². The third-order valence-corrected chi connectivity index (χ3v) is 4.71. The van der Waals surface area contributed by atoms with Crippen LogP contribution in [0, 0.1) is 0 Å². The number of amides is 2. The molecule has 1 N–H and O–H groups in total. The number of hydrogen-bond acceptors (Lipinski definition) is 4. The molecule has 1 aromatic carbocycles. The molecule has 26 heavy (non-hydrogen) atoms. The van der Waals surface area contributed by atoms with Gasteiger partial charge >= 0.3 is 0 Å². The first-order chi connectivity index (χ1) is 12.7. The zero-order valence-electron chi connectivity index (χ0n) is 15.1. The van der Waals surface area contributed by atoms with Crippen LogP contribution < -0.4 is 5.32 Å². The number of fused-ring (bicyclic) bond motifs is 1. The Morgan fingerprint density at radius 2 is 2.08 bits per heavy atom. The van der Waals surface area contributed by atoms with Crippen molar-refractivity contribution in [1.82, 2.24) is 25.2 Å². The molecule has 1 aromatic heterocycles. The maximum atomic E-state index is 12.8. The van der Waals surface area contributed by atoms with E-state index in [-0.39, 0.29) is 11.8 Å². The Morgan fingerprint density at radius 3 is 2.85 bits per heavy atom. The molecule has 0 aliphatic carbocycles.